The number of aromatic nitrogens is 3. The number of anilines is 1. The van der Waals surface area contributed by atoms with Gasteiger partial charge in [0.2, 0.25) is 0 Å². The van der Waals surface area contributed by atoms with Crippen molar-refractivity contribution in [3.63, 3.8) is 0 Å². The first-order valence-corrected chi connectivity index (χ1v) is 6.10. The molecule has 2 rings (SSSR count). The lowest BCUT2D eigenvalue weighted by Gasteiger charge is -2.19. The Labute approximate surface area is 119 Å². The van der Waals surface area contributed by atoms with E-state index < -0.39 is 11.7 Å². The van der Waals surface area contributed by atoms with E-state index in [0.717, 1.165) is 12.1 Å². The van der Waals surface area contributed by atoms with Gasteiger partial charge >= 0.3 is 6.18 Å². The standard InChI is InChI=1S/C13H12F3N5/c1-9(6-21-8-18-7-19-21)20-12-4-10(5-17)2-3-11(12)13(14,15)16/h2-4,7-9,20H,6H2,1H3/t9-/m1/s1. The number of benzene rings is 1. The van der Waals surface area contributed by atoms with Crippen LogP contribution in [0.25, 0.3) is 0 Å². The van der Waals surface area contributed by atoms with Crippen molar-refractivity contribution >= 4 is 5.69 Å². The third kappa shape index (κ3) is 3.72. The molecule has 1 N–H and O–H groups in total. The summed E-state index contributed by atoms with van der Waals surface area (Å²) >= 11 is 0. The zero-order chi connectivity index (χ0) is 15.5. The van der Waals surface area contributed by atoms with Crippen molar-refractivity contribution in [1.82, 2.24) is 14.8 Å². The highest BCUT2D eigenvalue weighted by molar-refractivity contribution is 5.57. The second kappa shape index (κ2) is 5.83. The minimum atomic E-state index is -4.48. The molecule has 2 aromatic rings. The number of hydrogen-bond donors (Lipinski definition) is 1. The highest BCUT2D eigenvalue weighted by Gasteiger charge is 2.33. The maximum atomic E-state index is 13.0. The van der Waals surface area contributed by atoms with Crippen molar-refractivity contribution in [3.05, 3.63) is 42.0 Å². The van der Waals surface area contributed by atoms with E-state index in [-0.39, 0.29) is 17.3 Å². The lowest BCUT2D eigenvalue weighted by molar-refractivity contribution is -0.137. The Bertz CT molecular complexity index is 643. The Balaban J connectivity index is 2.23. The minimum absolute atomic E-state index is 0.117. The highest BCUT2D eigenvalue weighted by atomic mass is 19.4. The molecule has 5 nitrogen and oxygen atoms in total. The first-order valence-electron chi connectivity index (χ1n) is 6.10. The highest BCUT2D eigenvalue weighted by Crippen LogP contribution is 2.35. The van der Waals surface area contributed by atoms with E-state index in [4.69, 9.17) is 5.26 Å². The summed E-state index contributed by atoms with van der Waals surface area (Å²) in [6.45, 7) is 2.08. The van der Waals surface area contributed by atoms with Crippen molar-refractivity contribution in [2.24, 2.45) is 0 Å². The summed E-state index contributed by atoms with van der Waals surface area (Å²) in [7, 11) is 0. The molecule has 0 aliphatic carbocycles. The smallest absolute Gasteiger partial charge is 0.380 e. The third-order valence-electron chi connectivity index (χ3n) is 2.78. The second-order valence-electron chi connectivity index (χ2n) is 4.53. The molecule has 21 heavy (non-hydrogen) atoms. The Morgan fingerprint density at radius 1 is 1.43 bits per heavy atom. The normalized spacial score (nSPS) is 12.7. The van der Waals surface area contributed by atoms with Crippen LogP contribution >= 0.6 is 0 Å². The number of halogens is 3. The van der Waals surface area contributed by atoms with Gasteiger partial charge in [0.25, 0.3) is 0 Å². The molecule has 1 heterocycles. The molecule has 1 aromatic heterocycles. The van der Waals surface area contributed by atoms with Gasteiger partial charge in [-0.05, 0) is 25.1 Å². The van der Waals surface area contributed by atoms with Gasteiger partial charge in [0.1, 0.15) is 12.7 Å². The zero-order valence-electron chi connectivity index (χ0n) is 11.1. The molecule has 0 bridgehead atoms. The number of nitriles is 1. The molecule has 0 saturated carbocycles. The fourth-order valence-electron chi connectivity index (χ4n) is 1.90. The third-order valence-corrected chi connectivity index (χ3v) is 2.78. The predicted octanol–water partition coefficient (Wildman–Crippen LogP) is 2.67. The Morgan fingerprint density at radius 2 is 2.19 bits per heavy atom. The molecule has 0 aliphatic rings. The number of rotatable bonds is 4. The maximum Gasteiger partial charge on any atom is 0.418 e. The molecule has 0 radical (unpaired) electrons. The van der Waals surface area contributed by atoms with Gasteiger partial charge in [0, 0.05) is 11.7 Å². The predicted molar refractivity (Wildman–Crippen MR) is 69.3 cm³/mol. The van der Waals surface area contributed by atoms with Gasteiger partial charge in [-0.2, -0.15) is 23.5 Å². The summed E-state index contributed by atoms with van der Waals surface area (Å²) < 4.78 is 40.4. The van der Waals surface area contributed by atoms with E-state index >= 15 is 0 Å². The van der Waals surface area contributed by atoms with E-state index in [0.29, 0.717) is 6.54 Å². The molecule has 0 fully saturated rings. The summed E-state index contributed by atoms with van der Waals surface area (Å²) in [5, 5.41) is 15.5. The molecule has 0 amide bonds. The van der Waals surface area contributed by atoms with Crippen LogP contribution in [0, 0.1) is 11.3 Å². The van der Waals surface area contributed by atoms with Crippen LogP contribution in [-0.4, -0.2) is 20.8 Å². The summed E-state index contributed by atoms with van der Waals surface area (Å²) in [5.41, 5.74) is -0.750. The second-order valence-corrected chi connectivity index (χ2v) is 4.53. The van der Waals surface area contributed by atoms with E-state index in [1.165, 1.54) is 23.4 Å². The zero-order valence-corrected chi connectivity index (χ0v) is 11.1. The van der Waals surface area contributed by atoms with Crippen molar-refractivity contribution in [2.45, 2.75) is 25.7 Å². The molecule has 0 unspecified atom stereocenters. The summed E-state index contributed by atoms with van der Waals surface area (Å²) in [6.07, 6.45) is -1.65. The lowest BCUT2D eigenvalue weighted by Crippen LogP contribution is -2.24. The number of hydrogen-bond acceptors (Lipinski definition) is 4. The summed E-state index contributed by atoms with van der Waals surface area (Å²) in [6, 6.07) is 4.76. The van der Waals surface area contributed by atoms with Crippen LogP contribution in [0.1, 0.15) is 18.1 Å². The molecule has 110 valence electrons. The molecule has 8 heteroatoms. The number of nitrogens with zero attached hydrogens (tertiary/aromatic N) is 4. The molecule has 1 aromatic carbocycles. The van der Waals surface area contributed by atoms with E-state index in [9.17, 15) is 13.2 Å². The maximum absolute atomic E-state index is 13.0. The van der Waals surface area contributed by atoms with Crippen LogP contribution in [0.3, 0.4) is 0 Å². The lowest BCUT2D eigenvalue weighted by atomic mass is 10.1. The van der Waals surface area contributed by atoms with Crippen LogP contribution in [0.15, 0.2) is 30.9 Å². The van der Waals surface area contributed by atoms with E-state index in [2.05, 4.69) is 15.4 Å². The monoisotopic (exact) mass is 295 g/mol. The van der Waals surface area contributed by atoms with Crippen molar-refractivity contribution in [3.8, 4) is 6.07 Å². The van der Waals surface area contributed by atoms with Gasteiger partial charge < -0.3 is 5.32 Å². The topological polar surface area (TPSA) is 66.5 Å². The quantitative estimate of drug-likeness (QED) is 0.941. The molecule has 0 saturated heterocycles. The summed E-state index contributed by atoms with van der Waals surface area (Å²) in [4.78, 5) is 3.77. The Kier molecular flexibility index (Phi) is 4.12. The molecule has 0 aliphatic heterocycles. The Hall–Kier alpha value is -2.56. The SMILES string of the molecule is C[C@H](Cn1cncn1)Nc1cc(C#N)ccc1C(F)(F)F. The average Bonchev–Trinajstić information content (AvgIpc) is 2.89. The van der Waals surface area contributed by atoms with Crippen LogP contribution in [-0.2, 0) is 12.7 Å². The number of alkyl halides is 3. The molecule has 1 atom stereocenters. The van der Waals surface area contributed by atoms with Crippen LogP contribution in [0.4, 0.5) is 18.9 Å². The van der Waals surface area contributed by atoms with Gasteiger partial charge in [0.15, 0.2) is 0 Å². The van der Waals surface area contributed by atoms with Gasteiger partial charge in [-0.3, -0.25) is 4.68 Å². The van der Waals surface area contributed by atoms with E-state index in [1.807, 2.05) is 6.07 Å². The van der Waals surface area contributed by atoms with Crippen molar-refractivity contribution < 1.29 is 13.2 Å². The fourth-order valence-corrected chi connectivity index (χ4v) is 1.90. The van der Waals surface area contributed by atoms with E-state index in [1.54, 1.807) is 6.92 Å². The van der Waals surface area contributed by atoms with Crippen LogP contribution in [0.2, 0.25) is 0 Å². The van der Waals surface area contributed by atoms with Crippen LogP contribution in [0.5, 0.6) is 0 Å². The van der Waals surface area contributed by atoms with Gasteiger partial charge in [0.05, 0.1) is 23.7 Å². The average molecular weight is 295 g/mol. The first-order chi connectivity index (χ1) is 9.90. The molecular formula is C13H12F3N5. The van der Waals surface area contributed by atoms with Gasteiger partial charge in [-0.25, -0.2) is 4.98 Å². The van der Waals surface area contributed by atoms with Crippen LogP contribution < -0.4 is 5.32 Å². The van der Waals surface area contributed by atoms with Crippen molar-refractivity contribution in [2.75, 3.05) is 5.32 Å². The first kappa shape index (κ1) is 14.8. The number of nitrogens with one attached hydrogen (secondary N) is 1. The largest absolute Gasteiger partial charge is 0.418 e. The minimum Gasteiger partial charge on any atom is -0.380 e. The summed E-state index contributed by atoms with van der Waals surface area (Å²) in [5.74, 6) is 0. The van der Waals surface area contributed by atoms with Gasteiger partial charge in [-0.1, -0.05) is 0 Å². The molecular weight excluding hydrogens is 283 g/mol. The van der Waals surface area contributed by atoms with Crippen molar-refractivity contribution in [1.29, 1.82) is 5.26 Å². The fraction of sp³-hybridized carbons (Fsp3) is 0.308. The van der Waals surface area contributed by atoms with Gasteiger partial charge in [-0.15, -0.1) is 0 Å². The molecule has 0 spiro atoms. The Morgan fingerprint density at radius 3 is 2.76 bits per heavy atom.